The lowest BCUT2D eigenvalue weighted by Crippen LogP contribution is -2.14. The molecular weight excluding hydrogens is 138 g/mol. The van der Waals surface area contributed by atoms with Crippen LogP contribution in [0, 0.1) is 0 Å². The van der Waals surface area contributed by atoms with Crippen molar-refractivity contribution in [2.75, 3.05) is 0 Å². The fourth-order valence-corrected chi connectivity index (χ4v) is 0.836. The third-order valence-corrected chi connectivity index (χ3v) is 1.36. The van der Waals surface area contributed by atoms with Gasteiger partial charge >= 0.3 is 6.61 Å². The summed E-state index contributed by atoms with van der Waals surface area (Å²) < 4.78 is 27.5. The molecule has 0 saturated carbocycles. The highest BCUT2D eigenvalue weighted by molar-refractivity contribution is 4.52. The van der Waals surface area contributed by atoms with E-state index in [1.165, 1.54) is 0 Å². The normalized spacial score (nSPS) is 14.1. The van der Waals surface area contributed by atoms with Crippen LogP contribution in [0.2, 0.25) is 0 Å². The molecule has 0 saturated heterocycles. The molecule has 3 heteroatoms. The molecule has 0 spiro atoms. The van der Waals surface area contributed by atoms with Crippen molar-refractivity contribution >= 4 is 0 Å². The van der Waals surface area contributed by atoms with E-state index in [1.54, 1.807) is 0 Å². The first-order valence-electron chi connectivity index (χ1n) is 3.64. The van der Waals surface area contributed by atoms with E-state index < -0.39 is 6.61 Å². The topological polar surface area (TPSA) is 9.23 Å². The fourth-order valence-electron chi connectivity index (χ4n) is 0.836. The molecule has 0 rings (SSSR count). The molecule has 1 unspecified atom stereocenters. The van der Waals surface area contributed by atoms with Crippen LogP contribution < -0.4 is 0 Å². The maximum atomic E-state index is 11.6. The van der Waals surface area contributed by atoms with Gasteiger partial charge in [-0.2, -0.15) is 8.78 Å². The summed E-state index contributed by atoms with van der Waals surface area (Å²) in [4.78, 5) is 0. The third-order valence-electron chi connectivity index (χ3n) is 1.36. The Morgan fingerprint density at radius 1 is 1.30 bits per heavy atom. The van der Waals surface area contributed by atoms with Crippen LogP contribution >= 0.6 is 0 Å². The van der Waals surface area contributed by atoms with E-state index in [-0.39, 0.29) is 6.10 Å². The molecule has 10 heavy (non-hydrogen) atoms. The Morgan fingerprint density at radius 3 is 2.20 bits per heavy atom. The molecule has 0 amide bonds. The van der Waals surface area contributed by atoms with Gasteiger partial charge in [0.15, 0.2) is 0 Å². The third kappa shape index (κ3) is 4.68. The van der Waals surface area contributed by atoms with Gasteiger partial charge in [-0.15, -0.1) is 0 Å². The smallest absolute Gasteiger partial charge is 0.320 e. The van der Waals surface area contributed by atoms with Crippen molar-refractivity contribution in [3.05, 3.63) is 0 Å². The molecule has 0 aliphatic heterocycles. The second kappa shape index (κ2) is 5.59. The van der Waals surface area contributed by atoms with Crippen molar-refractivity contribution in [3.63, 3.8) is 0 Å². The van der Waals surface area contributed by atoms with Gasteiger partial charge in [0.2, 0.25) is 0 Å². The van der Waals surface area contributed by atoms with Crippen molar-refractivity contribution in [3.8, 4) is 0 Å². The second-order valence-electron chi connectivity index (χ2n) is 2.22. The minimum absolute atomic E-state index is 0.259. The molecule has 0 aromatic rings. The number of rotatable bonds is 5. The van der Waals surface area contributed by atoms with Crippen LogP contribution in [0.1, 0.15) is 33.1 Å². The number of alkyl halides is 2. The van der Waals surface area contributed by atoms with Crippen LogP contribution in [0.4, 0.5) is 8.78 Å². The summed E-state index contributed by atoms with van der Waals surface area (Å²) >= 11 is 0. The lowest BCUT2D eigenvalue weighted by molar-refractivity contribution is -0.164. The summed E-state index contributed by atoms with van der Waals surface area (Å²) in [6, 6.07) is 0. The Balaban J connectivity index is 3.39. The second-order valence-corrected chi connectivity index (χ2v) is 2.22. The molecule has 0 radical (unpaired) electrons. The van der Waals surface area contributed by atoms with Gasteiger partial charge in [0.25, 0.3) is 0 Å². The molecule has 0 bridgehead atoms. The Hall–Kier alpha value is -0.180. The summed E-state index contributed by atoms with van der Waals surface area (Å²) in [7, 11) is 0. The monoisotopic (exact) mass is 152 g/mol. The van der Waals surface area contributed by atoms with Gasteiger partial charge in [0.05, 0.1) is 6.10 Å². The summed E-state index contributed by atoms with van der Waals surface area (Å²) in [5.41, 5.74) is 0. The maximum absolute atomic E-state index is 11.6. The van der Waals surface area contributed by atoms with E-state index in [1.807, 2.05) is 13.8 Å². The number of ether oxygens (including phenoxy) is 1. The standard InChI is InChI=1S/C7H14F2O/c1-3-5-6(4-2)10-7(8)9/h6-7H,3-5H2,1-2H3. The van der Waals surface area contributed by atoms with E-state index in [0.29, 0.717) is 6.42 Å². The SMILES string of the molecule is CCCC(CC)OC(F)F. The molecule has 0 aliphatic carbocycles. The van der Waals surface area contributed by atoms with Gasteiger partial charge in [-0.05, 0) is 12.8 Å². The number of hydrogen-bond donors (Lipinski definition) is 0. The quantitative estimate of drug-likeness (QED) is 0.588. The largest absolute Gasteiger partial charge is 0.345 e. The molecule has 1 atom stereocenters. The van der Waals surface area contributed by atoms with E-state index >= 15 is 0 Å². The van der Waals surface area contributed by atoms with Gasteiger partial charge in [-0.3, -0.25) is 0 Å². The van der Waals surface area contributed by atoms with E-state index in [9.17, 15) is 8.78 Å². The van der Waals surface area contributed by atoms with Gasteiger partial charge in [0.1, 0.15) is 0 Å². The zero-order chi connectivity index (χ0) is 7.98. The van der Waals surface area contributed by atoms with Gasteiger partial charge in [0, 0.05) is 0 Å². The first-order valence-corrected chi connectivity index (χ1v) is 3.64. The minimum Gasteiger partial charge on any atom is -0.320 e. The van der Waals surface area contributed by atoms with Gasteiger partial charge in [-0.25, -0.2) is 0 Å². The average Bonchev–Trinajstić information content (AvgIpc) is 1.86. The molecular formula is C7H14F2O. The fraction of sp³-hybridized carbons (Fsp3) is 1.00. The van der Waals surface area contributed by atoms with Crippen LogP contribution in [-0.2, 0) is 4.74 Å². The summed E-state index contributed by atoms with van der Waals surface area (Å²) in [5.74, 6) is 0. The molecule has 1 nitrogen and oxygen atoms in total. The Kier molecular flexibility index (Phi) is 5.49. The predicted molar refractivity (Wildman–Crippen MR) is 36.1 cm³/mol. The zero-order valence-electron chi connectivity index (χ0n) is 6.44. The Bertz CT molecular complexity index is 76.0. The van der Waals surface area contributed by atoms with Crippen LogP contribution in [0.25, 0.3) is 0 Å². The Labute approximate surface area is 60.4 Å². The summed E-state index contributed by atoms with van der Waals surface area (Å²) in [6.45, 7) is 1.19. The van der Waals surface area contributed by atoms with Crippen molar-refractivity contribution in [1.29, 1.82) is 0 Å². The summed E-state index contributed by atoms with van der Waals surface area (Å²) in [5, 5.41) is 0. The van der Waals surface area contributed by atoms with Crippen molar-refractivity contribution in [2.45, 2.75) is 45.8 Å². The van der Waals surface area contributed by atoms with E-state index in [0.717, 1.165) is 12.8 Å². The maximum Gasteiger partial charge on any atom is 0.345 e. The first-order chi connectivity index (χ1) is 4.70. The zero-order valence-corrected chi connectivity index (χ0v) is 6.44. The van der Waals surface area contributed by atoms with Gasteiger partial charge < -0.3 is 4.74 Å². The first kappa shape index (κ1) is 9.82. The van der Waals surface area contributed by atoms with Crippen molar-refractivity contribution in [1.82, 2.24) is 0 Å². The average molecular weight is 152 g/mol. The highest BCUT2D eigenvalue weighted by Gasteiger charge is 2.10. The van der Waals surface area contributed by atoms with E-state index in [2.05, 4.69) is 4.74 Å². The molecule has 0 aliphatic rings. The Morgan fingerprint density at radius 2 is 1.90 bits per heavy atom. The predicted octanol–water partition coefficient (Wildman–Crippen LogP) is 2.80. The minimum atomic E-state index is -2.61. The van der Waals surface area contributed by atoms with Crippen LogP contribution in [0.15, 0.2) is 0 Å². The molecule has 62 valence electrons. The van der Waals surface area contributed by atoms with Crippen LogP contribution in [-0.4, -0.2) is 12.7 Å². The highest BCUT2D eigenvalue weighted by atomic mass is 19.3. The van der Waals surface area contributed by atoms with Crippen molar-refractivity contribution in [2.24, 2.45) is 0 Å². The lowest BCUT2D eigenvalue weighted by Gasteiger charge is -2.13. The highest BCUT2D eigenvalue weighted by Crippen LogP contribution is 2.10. The summed E-state index contributed by atoms with van der Waals surface area (Å²) in [6.07, 6.45) is 2.02. The van der Waals surface area contributed by atoms with Crippen LogP contribution in [0.5, 0.6) is 0 Å². The molecule has 0 aromatic heterocycles. The molecule has 0 heterocycles. The van der Waals surface area contributed by atoms with Crippen molar-refractivity contribution < 1.29 is 13.5 Å². The van der Waals surface area contributed by atoms with E-state index in [4.69, 9.17) is 0 Å². The van der Waals surface area contributed by atoms with Gasteiger partial charge in [-0.1, -0.05) is 20.3 Å². The molecule has 0 fully saturated rings. The molecule has 0 aromatic carbocycles. The van der Waals surface area contributed by atoms with Crippen LogP contribution in [0.3, 0.4) is 0 Å². The number of hydrogen-bond acceptors (Lipinski definition) is 1. The lowest BCUT2D eigenvalue weighted by atomic mass is 10.2. The molecule has 0 N–H and O–H groups in total. The number of halogens is 2.